The number of halogens is 1. The first-order valence-electron chi connectivity index (χ1n) is 4.32. The molecule has 0 saturated carbocycles. The summed E-state index contributed by atoms with van der Waals surface area (Å²) in [6.07, 6.45) is 0. The highest BCUT2D eigenvalue weighted by Crippen LogP contribution is 2.29. The molecule has 0 heterocycles. The summed E-state index contributed by atoms with van der Waals surface area (Å²) < 4.78 is 6.35. The molecule has 0 radical (unpaired) electrons. The Morgan fingerprint density at radius 3 is 2.46 bits per heavy atom. The van der Waals surface area contributed by atoms with Crippen LogP contribution < -0.4 is 0 Å². The lowest BCUT2D eigenvalue weighted by Crippen LogP contribution is -2.23. The van der Waals surface area contributed by atoms with Crippen LogP contribution in [0.4, 0.5) is 0 Å². The Morgan fingerprint density at radius 1 is 1.31 bits per heavy atom. The maximum absolute atomic E-state index is 5.20. The second kappa shape index (κ2) is 4.25. The molecule has 0 bridgehead atoms. The first kappa shape index (κ1) is 10.7. The molecule has 2 heteroatoms. The Hall–Kier alpha value is -0.340. The van der Waals surface area contributed by atoms with Gasteiger partial charge in [0.1, 0.15) is 0 Å². The molecule has 0 atom stereocenters. The highest BCUT2D eigenvalue weighted by Gasteiger charge is 2.22. The van der Waals surface area contributed by atoms with Gasteiger partial charge in [-0.25, -0.2) is 0 Å². The average molecular weight is 243 g/mol. The van der Waals surface area contributed by atoms with Crippen LogP contribution in [0.5, 0.6) is 0 Å². The molecular weight excluding hydrogens is 228 g/mol. The van der Waals surface area contributed by atoms with E-state index in [1.54, 1.807) is 7.11 Å². The minimum Gasteiger partial charge on any atom is -0.384 e. The van der Waals surface area contributed by atoms with Crippen LogP contribution >= 0.6 is 15.9 Å². The quantitative estimate of drug-likeness (QED) is 0.790. The number of methoxy groups -OCH3 is 1. The summed E-state index contributed by atoms with van der Waals surface area (Å²) >= 11 is 3.55. The fraction of sp³-hybridized carbons (Fsp3) is 0.455. The summed E-state index contributed by atoms with van der Waals surface area (Å²) in [5, 5.41) is 0. The lowest BCUT2D eigenvalue weighted by Gasteiger charge is -2.25. The van der Waals surface area contributed by atoms with Gasteiger partial charge < -0.3 is 4.74 Å². The van der Waals surface area contributed by atoms with Gasteiger partial charge in [-0.1, -0.05) is 48.0 Å². The third kappa shape index (κ3) is 2.55. The van der Waals surface area contributed by atoms with Crippen molar-refractivity contribution in [3.05, 3.63) is 34.3 Å². The summed E-state index contributed by atoms with van der Waals surface area (Å²) in [5.74, 6) is 0. The van der Waals surface area contributed by atoms with Gasteiger partial charge in [0.15, 0.2) is 0 Å². The van der Waals surface area contributed by atoms with E-state index in [4.69, 9.17) is 4.74 Å². The van der Waals surface area contributed by atoms with Crippen molar-refractivity contribution in [2.75, 3.05) is 13.7 Å². The molecule has 13 heavy (non-hydrogen) atoms. The zero-order chi connectivity index (χ0) is 9.90. The Kier molecular flexibility index (Phi) is 3.51. The van der Waals surface area contributed by atoms with Gasteiger partial charge in [0.25, 0.3) is 0 Å². The van der Waals surface area contributed by atoms with Gasteiger partial charge in [0.05, 0.1) is 6.61 Å². The van der Waals surface area contributed by atoms with Crippen molar-refractivity contribution in [2.24, 2.45) is 0 Å². The average Bonchev–Trinajstić information content (AvgIpc) is 2.04. The van der Waals surface area contributed by atoms with E-state index in [9.17, 15) is 0 Å². The molecule has 0 amide bonds. The van der Waals surface area contributed by atoms with Gasteiger partial charge in [0.2, 0.25) is 0 Å². The summed E-state index contributed by atoms with van der Waals surface area (Å²) in [5.41, 5.74) is 1.35. The van der Waals surface area contributed by atoms with E-state index in [-0.39, 0.29) is 5.41 Å². The monoisotopic (exact) mass is 242 g/mol. The van der Waals surface area contributed by atoms with Crippen LogP contribution in [0.15, 0.2) is 28.7 Å². The zero-order valence-electron chi connectivity index (χ0n) is 8.30. The minimum absolute atomic E-state index is 0.0643. The molecule has 1 aromatic rings. The first-order valence-corrected chi connectivity index (χ1v) is 5.11. The van der Waals surface area contributed by atoms with Crippen molar-refractivity contribution >= 4 is 15.9 Å². The maximum Gasteiger partial charge on any atom is 0.0554 e. The van der Waals surface area contributed by atoms with E-state index >= 15 is 0 Å². The summed E-state index contributed by atoms with van der Waals surface area (Å²) in [7, 11) is 1.73. The van der Waals surface area contributed by atoms with Crippen LogP contribution in [-0.4, -0.2) is 13.7 Å². The van der Waals surface area contributed by atoms with Crippen molar-refractivity contribution < 1.29 is 4.74 Å². The number of hydrogen-bond donors (Lipinski definition) is 0. The van der Waals surface area contributed by atoms with E-state index in [2.05, 4.69) is 48.0 Å². The first-order chi connectivity index (χ1) is 6.08. The lowest BCUT2D eigenvalue weighted by molar-refractivity contribution is 0.146. The van der Waals surface area contributed by atoms with E-state index in [1.165, 1.54) is 5.56 Å². The molecule has 0 aliphatic rings. The summed E-state index contributed by atoms with van der Waals surface area (Å²) in [6.45, 7) is 5.09. The second-order valence-electron chi connectivity index (χ2n) is 3.80. The van der Waals surface area contributed by atoms with Crippen molar-refractivity contribution in [2.45, 2.75) is 19.3 Å². The smallest absolute Gasteiger partial charge is 0.0554 e. The van der Waals surface area contributed by atoms with Crippen molar-refractivity contribution in [1.29, 1.82) is 0 Å². The third-order valence-electron chi connectivity index (χ3n) is 2.11. The molecule has 0 unspecified atom stereocenters. The minimum atomic E-state index is 0.0643. The SMILES string of the molecule is COCC(C)(C)c1ccccc1Br. The van der Waals surface area contributed by atoms with Crippen molar-refractivity contribution in [3.8, 4) is 0 Å². The molecular formula is C11H15BrO. The van der Waals surface area contributed by atoms with E-state index in [0.717, 1.165) is 11.1 Å². The van der Waals surface area contributed by atoms with Gasteiger partial charge in [-0.2, -0.15) is 0 Å². The van der Waals surface area contributed by atoms with Crippen molar-refractivity contribution in [3.63, 3.8) is 0 Å². The molecule has 0 saturated heterocycles. The number of ether oxygens (including phenoxy) is 1. The molecule has 0 aliphatic heterocycles. The molecule has 0 N–H and O–H groups in total. The zero-order valence-corrected chi connectivity index (χ0v) is 9.89. The summed E-state index contributed by atoms with van der Waals surface area (Å²) in [6, 6.07) is 8.27. The molecule has 72 valence electrons. The normalized spacial score (nSPS) is 11.7. The van der Waals surface area contributed by atoms with Crippen LogP contribution in [0.1, 0.15) is 19.4 Å². The number of rotatable bonds is 3. The highest BCUT2D eigenvalue weighted by atomic mass is 79.9. The van der Waals surface area contributed by atoms with Crippen LogP contribution in [-0.2, 0) is 10.2 Å². The van der Waals surface area contributed by atoms with Gasteiger partial charge in [0, 0.05) is 17.0 Å². The Morgan fingerprint density at radius 2 is 1.92 bits per heavy atom. The number of hydrogen-bond acceptors (Lipinski definition) is 1. The fourth-order valence-electron chi connectivity index (χ4n) is 1.45. The molecule has 0 fully saturated rings. The molecule has 0 aliphatic carbocycles. The van der Waals surface area contributed by atoms with Crippen LogP contribution in [0, 0.1) is 0 Å². The predicted octanol–water partition coefficient (Wildman–Crippen LogP) is 3.37. The van der Waals surface area contributed by atoms with Crippen LogP contribution in [0.25, 0.3) is 0 Å². The lowest BCUT2D eigenvalue weighted by atomic mass is 9.86. The standard InChI is InChI=1S/C11H15BrO/c1-11(2,8-13-3)9-6-4-5-7-10(9)12/h4-7H,8H2,1-3H3. The fourth-order valence-corrected chi connectivity index (χ4v) is 2.27. The highest BCUT2D eigenvalue weighted by molar-refractivity contribution is 9.10. The maximum atomic E-state index is 5.20. The molecule has 0 aromatic heterocycles. The van der Waals surface area contributed by atoms with Crippen molar-refractivity contribution in [1.82, 2.24) is 0 Å². The predicted molar refractivity (Wildman–Crippen MR) is 59.0 cm³/mol. The third-order valence-corrected chi connectivity index (χ3v) is 2.80. The van der Waals surface area contributed by atoms with E-state index in [0.29, 0.717) is 0 Å². The van der Waals surface area contributed by atoms with E-state index < -0.39 is 0 Å². The molecule has 1 rings (SSSR count). The van der Waals surface area contributed by atoms with Gasteiger partial charge in [-0.15, -0.1) is 0 Å². The Labute approximate surface area is 88.2 Å². The van der Waals surface area contributed by atoms with Crippen LogP contribution in [0.3, 0.4) is 0 Å². The van der Waals surface area contributed by atoms with Crippen LogP contribution in [0.2, 0.25) is 0 Å². The molecule has 0 spiro atoms. The second-order valence-corrected chi connectivity index (χ2v) is 4.65. The molecule has 1 aromatic carbocycles. The van der Waals surface area contributed by atoms with E-state index in [1.807, 2.05) is 6.07 Å². The summed E-state index contributed by atoms with van der Waals surface area (Å²) in [4.78, 5) is 0. The van der Waals surface area contributed by atoms with Gasteiger partial charge >= 0.3 is 0 Å². The van der Waals surface area contributed by atoms with Gasteiger partial charge in [-0.3, -0.25) is 0 Å². The topological polar surface area (TPSA) is 9.23 Å². The molecule has 1 nitrogen and oxygen atoms in total. The largest absolute Gasteiger partial charge is 0.384 e. The van der Waals surface area contributed by atoms with Gasteiger partial charge in [-0.05, 0) is 11.6 Å². The Bertz CT molecular complexity index is 281. The number of benzene rings is 1. The Balaban J connectivity index is 2.99.